The number of nitrogens with zero attached hydrogens (tertiary/aromatic N) is 1. The number of aliphatic hydroxyl groups is 1. The number of likely N-dealkylation sites (tertiary alicyclic amines) is 1. The fourth-order valence-corrected chi connectivity index (χ4v) is 6.77. The van der Waals surface area contributed by atoms with E-state index in [4.69, 9.17) is 9.47 Å². The predicted octanol–water partition coefficient (Wildman–Crippen LogP) is 6.15. The Bertz CT molecular complexity index is 2260. The highest BCUT2D eigenvalue weighted by Crippen LogP contribution is 2.31. The van der Waals surface area contributed by atoms with Crippen LogP contribution in [-0.2, 0) is 16.1 Å². The molecule has 1 saturated heterocycles. The molecule has 284 valence electrons. The number of aromatic amines is 1. The molecule has 5 aromatic rings. The van der Waals surface area contributed by atoms with Crippen LogP contribution in [0.15, 0.2) is 95.8 Å². The van der Waals surface area contributed by atoms with Crippen LogP contribution in [0, 0.1) is 11.8 Å². The van der Waals surface area contributed by atoms with Crippen molar-refractivity contribution >= 4 is 34.3 Å². The number of benzene rings is 4. The van der Waals surface area contributed by atoms with E-state index in [0.717, 1.165) is 16.7 Å². The van der Waals surface area contributed by atoms with Crippen molar-refractivity contribution in [2.75, 3.05) is 43.9 Å². The quantitative estimate of drug-likeness (QED) is 0.0777. The summed E-state index contributed by atoms with van der Waals surface area (Å²) in [6.07, 6.45) is -0.0231. The first-order chi connectivity index (χ1) is 26.7. The average Bonchev–Trinajstić information content (AvgIpc) is 3.19. The molecule has 0 spiro atoms. The summed E-state index contributed by atoms with van der Waals surface area (Å²) in [6.45, 7) is 4.19. The van der Waals surface area contributed by atoms with Gasteiger partial charge in [-0.25, -0.2) is 4.79 Å². The lowest BCUT2D eigenvalue weighted by molar-refractivity contribution is -0.116. The number of phenolic OH excluding ortho intramolecular Hbond substituents is 1. The van der Waals surface area contributed by atoms with Crippen molar-refractivity contribution in [2.45, 2.75) is 44.9 Å². The largest absolute Gasteiger partial charge is 0.506 e. The summed E-state index contributed by atoms with van der Waals surface area (Å²) in [5.74, 6) is 6.29. The van der Waals surface area contributed by atoms with E-state index in [-0.39, 0.29) is 41.8 Å². The maximum absolute atomic E-state index is 13.1. The SMILES string of the molecule is CC#Cc1cc(CNC[C@H](O)c2ccc(O)c3[nH]c(=O)ccc23)c(OC)cc1NC(=O)CCN1CCC(OC(=O)Nc2ccccc2-c2ccccc2)CC1. The van der Waals surface area contributed by atoms with Crippen molar-refractivity contribution in [3.63, 3.8) is 0 Å². The van der Waals surface area contributed by atoms with Gasteiger partial charge in [0.05, 0.1) is 30.1 Å². The number of piperidine rings is 1. The van der Waals surface area contributed by atoms with Gasteiger partial charge in [0, 0.05) is 73.4 Å². The van der Waals surface area contributed by atoms with Crippen LogP contribution >= 0.6 is 0 Å². The molecular formula is C43H45N5O7. The first-order valence-corrected chi connectivity index (χ1v) is 18.2. The third-order valence-corrected chi connectivity index (χ3v) is 9.59. The summed E-state index contributed by atoms with van der Waals surface area (Å²) in [6, 6.07) is 27.1. The Labute approximate surface area is 319 Å². The number of hydrogen-bond donors (Lipinski definition) is 6. The molecule has 55 heavy (non-hydrogen) atoms. The van der Waals surface area contributed by atoms with Crippen LogP contribution < -0.4 is 26.2 Å². The first-order valence-electron chi connectivity index (χ1n) is 18.2. The normalized spacial score (nSPS) is 13.7. The molecule has 6 rings (SSSR count). The third kappa shape index (κ3) is 9.90. The number of rotatable bonds is 13. The second-order valence-electron chi connectivity index (χ2n) is 13.3. The number of hydrogen-bond acceptors (Lipinski definition) is 9. The smallest absolute Gasteiger partial charge is 0.411 e. The molecule has 4 aromatic carbocycles. The van der Waals surface area contributed by atoms with E-state index in [9.17, 15) is 24.6 Å². The number of ether oxygens (including phenoxy) is 2. The second-order valence-corrected chi connectivity index (χ2v) is 13.3. The van der Waals surface area contributed by atoms with E-state index in [2.05, 4.69) is 37.7 Å². The number of amides is 2. The highest BCUT2D eigenvalue weighted by molar-refractivity contribution is 5.93. The van der Waals surface area contributed by atoms with Crippen molar-refractivity contribution < 1.29 is 29.3 Å². The first kappa shape index (κ1) is 38.6. The van der Waals surface area contributed by atoms with Crippen LogP contribution in [0.2, 0.25) is 0 Å². The van der Waals surface area contributed by atoms with E-state index < -0.39 is 12.2 Å². The zero-order valence-electron chi connectivity index (χ0n) is 30.9. The maximum Gasteiger partial charge on any atom is 0.411 e. The van der Waals surface area contributed by atoms with Gasteiger partial charge in [-0.15, -0.1) is 5.92 Å². The number of aliphatic hydroxyl groups excluding tert-OH is 1. The van der Waals surface area contributed by atoms with Gasteiger partial charge in [0.25, 0.3) is 0 Å². The summed E-state index contributed by atoms with van der Waals surface area (Å²) in [5, 5.41) is 30.9. The topological polar surface area (TPSA) is 165 Å². The Balaban J connectivity index is 0.981. The fraction of sp³-hybridized carbons (Fsp3) is 0.279. The van der Waals surface area contributed by atoms with Gasteiger partial charge in [-0.1, -0.05) is 60.5 Å². The van der Waals surface area contributed by atoms with Crippen LogP contribution in [0.1, 0.15) is 49.0 Å². The van der Waals surface area contributed by atoms with Crippen LogP contribution in [0.5, 0.6) is 11.5 Å². The third-order valence-electron chi connectivity index (χ3n) is 9.59. The number of nitrogens with one attached hydrogen (secondary N) is 4. The summed E-state index contributed by atoms with van der Waals surface area (Å²) in [7, 11) is 1.55. The average molecular weight is 744 g/mol. The van der Waals surface area contributed by atoms with Crippen molar-refractivity contribution in [3.8, 4) is 34.5 Å². The van der Waals surface area contributed by atoms with Crippen LogP contribution in [0.4, 0.5) is 16.2 Å². The summed E-state index contributed by atoms with van der Waals surface area (Å²) in [5.41, 5.74) is 5.04. The van der Waals surface area contributed by atoms with Crippen LogP contribution in [-0.4, -0.2) is 71.5 Å². The van der Waals surface area contributed by atoms with E-state index in [1.807, 2.05) is 60.7 Å². The van der Waals surface area contributed by atoms with Gasteiger partial charge in [0.2, 0.25) is 11.5 Å². The summed E-state index contributed by atoms with van der Waals surface area (Å²) < 4.78 is 11.4. The molecular weight excluding hydrogens is 699 g/mol. The monoisotopic (exact) mass is 743 g/mol. The lowest BCUT2D eigenvalue weighted by Gasteiger charge is -2.31. The molecule has 0 unspecified atom stereocenters. The Morgan fingerprint density at radius 3 is 2.49 bits per heavy atom. The molecule has 1 aliphatic heterocycles. The minimum absolute atomic E-state index is 0.0755. The fourth-order valence-electron chi connectivity index (χ4n) is 6.77. The van der Waals surface area contributed by atoms with Gasteiger partial charge in [0.1, 0.15) is 17.6 Å². The standard InChI is InChI=1S/C43H45N5O7/c1-3-9-29-24-30(26-44-27-38(50)33-14-16-37(49)42-34(33)15-17-40(51)47-42)39(54-2)25-36(29)45-41(52)20-23-48-21-18-31(19-22-48)55-43(53)46-35-13-8-7-12-32(35)28-10-5-4-6-11-28/h4-8,10-17,24-25,31,38,44,49-50H,18-23,26-27H2,1-2H3,(H,45,52)(H,46,53)(H,47,51)/t38-/m0/s1. The van der Waals surface area contributed by atoms with Crippen LogP contribution in [0.25, 0.3) is 22.0 Å². The molecule has 0 saturated carbocycles. The van der Waals surface area contributed by atoms with E-state index >= 15 is 0 Å². The molecule has 0 aliphatic carbocycles. The molecule has 1 fully saturated rings. The second kappa shape index (κ2) is 18.3. The molecule has 1 aromatic heterocycles. The molecule has 12 heteroatoms. The Kier molecular flexibility index (Phi) is 12.8. The zero-order valence-corrected chi connectivity index (χ0v) is 30.9. The number of carbonyl (C=O) groups is 2. The number of methoxy groups -OCH3 is 1. The van der Waals surface area contributed by atoms with Gasteiger partial charge < -0.3 is 40.2 Å². The molecule has 1 atom stereocenters. The summed E-state index contributed by atoms with van der Waals surface area (Å²) in [4.78, 5) is 42.5. The summed E-state index contributed by atoms with van der Waals surface area (Å²) >= 11 is 0. The number of H-pyrrole nitrogens is 1. The zero-order chi connectivity index (χ0) is 38.7. The lowest BCUT2D eigenvalue weighted by Crippen LogP contribution is -2.39. The molecule has 0 radical (unpaired) electrons. The lowest BCUT2D eigenvalue weighted by atomic mass is 10.0. The number of fused-ring (bicyclic) bond motifs is 1. The minimum Gasteiger partial charge on any atom is -0.506 e. The van der Waals surface area contributed by atoms with Gasteiger partial charge in [-0.2, -0.15) is 0 Å². The van der Waals surface area contributed by atoms with Crippen molar-refractivity contribution in [3.05, 3.63) is 118 Å². The Morgan fingerprint density at radius 2 is 1.73 bits per heavy atom. The molecule has 2 amide bonds. The number of pyridine rings is 1. The van der Waals surface area contributed by atoms with Gasteiger partial charge in [-0.3, -0.25) is 14.9 Å². The predicted molar refractivity (Wildman–Crippen MR) is 213 cm³/mol. The minimum atomic E-state index is -0.931. The van der Waals surface area contributed by atoms with Crippen molar-refractivity contribution in [1.29, 1.82) is 0 Å². The maximum atomic E-state index is 13.1. The van der Waals surface area contributed by atoms with Gasteiger partial charge in [-0.05, 0) is 55.2 Å². The molecule has 1 aliphatic rings. The Hall–Kier alpha value is -6.13. The molecule has 6 N–H and O–H groups in total. The highest BCUT2D eigenvalue weighted by atomic mass is 16.6. The number of para-hydroxylation sites is 1. The van der Waals surface area contributed by atoms with Crippen LogP contribution in [0.3, 0.4) is 0 Å². The van der Waals surface area contributed by atoms with Gasteiger partial charge >= 0.3 is 6.09 Å². The van der Waals surface area contributed by atoms with E-state index in [1.54, 1.807) is 32.2 Å². The Morgan fingerprint density at radius 1 is 0.964 bits per heavy atom. The van der Waals surface area contributed by atoms with E-state index in [1.165, 1.54) is 12.1 Å². The van der Waals surface area contributed by atoms with Crippen molar-refractivity contribution in [1.82, 2.24) is 15.2 Å². The number of aromatic hydroxyl groups is 1. The highest BCUT2D eigenvalue weighted by Gasteiger charge is 2.24. The molecule has 2 heterocycles. The van der Waals surface area contributed by atoms with Crippen molar-refractivity contribution in [2.24, 2.45) is 0 Å². The van der Waals surface area contributed by atoms with E-state index in [0.29, 0.717) is 72.7 Å². The number of aromatic nitrogens is 1. The molecule has 12 nitrogen and oxygen atoms in total. The number of anilines is 2. The molecule has 0 bridgehead atoms. The van der Waals surface area contributed by atoms with Gasteiger partial charge in [0.15, 0.2) is 0 Å². The number of phenols is 1. The number of carbonyl (C=O) groups excluding carboxylic acids is 2.